The first-order valence-corrected chi connectivity index (χ1v) is 13.2. The van der Waals surface area contributed by atoms with Crippen molar-refractivity contribution in [1.29, 1.82) is 0 Å². The third-order valence-corrected chi connectivity index (χ3v) is 10.0. The van der Waals surface area contributed by atoms with E-state index >= 15 is 0 Å². The van der Waals surface area contributed by atoms with Gasteiger partial charge in [0.25, 0.3) is 0 Å². The average Bonchev–Trinajstić information content (AvgIpc) is 2.99. The van der Waals surface area contributed by atoms with Crippen LogP contribution in [0.1, 0.15) is 106 Å². The maximum Gasteiger partial charge on any atom is 0.302 e. The van der Waals surface area contributed by atoms with Crippen LogP contribution in [0.4, 0.5) is 0 Å². The molecule has 178 valence electrons. The standard InChI is InChI=1S/C29H44O3/c1-18(2)9-7-10-19(3)24-17-25(31)27-22-14-13-21-11-8-12-26(32-20(4)30)29(21,6)23(22)15-16-28(24,27)5/h9,19,21,23-24,26H,7-8,10-17H2,1-6H3/t19-,21-,23+,24-,26?,28-,29+/m1/s1. The number of rotatable bonds is 5. The maximum absolute atomic E-state index is 13.5. The summed E-state index contributed by atoms with van der Waals surface area (Å²) >= 11 is 0. The highest BCUT2D eigenvalue weighted by molar-refractivity contribution is 6.00. The second-order valence-corrected chi connectivity index (χ2v) is 12.1. The SMILES string of the molecule is CC(=O)OC1CCC[C@@H]2CCC3=C4C(=O)C[C@H]([C@H](C)CCC=C(C)C)[C@@]4(C)CC[C@@H]3[C@@]12C. The molecule has 0 saturated heterocycles. The molecule has 3 nitrogen and oxygen atoms in total. The number of Topliss-reactive ketones (excluding diaryl/α,β-unsaturated/α-hetero) is 1. The summed E-state index contributed by atoms with van der Waals surface area (Å²) in [5.41, 5.74) is 4.07. The predicted octanol–water partition coefficient (Wildman–Crippen LogP) is 7.20. The Bertz CT molecular complexity index is 831. The highest BCUT2D eigenvalue weighted by atomic mass is 16.5. The molecule has 1 unspecified atom stereocenters. The lowest BCUT2D eigenvalue weighted by Crippen LogP contribution is -2.54. The van der Waals surface area contributed by atoms with Crippen LogP contribution >= 0.6 is 0 Å². The summed E-state index contributed by atoms with van der Waals surface area (Å²) in [5, 5.41) is 0. The van der Waals surface area contributed by atoms with Gasteiger partial charge in [-0.25, -0.2) is 0 Å². The minimum absolute atomic E-state index is 0.000646. The number of carbonyl (C=O) groups is 2. The predicted molar refractivity (Wildman–Crippen MR) is 129 cm³/mol. The van der Waals surface area contributed by atoms with Gasteiger partial charge < -0.3 is 4.74 Å². The molecule has 32 heavy (non-hydrogen) atoms. The normalized spacial score (nSPS) is 39.6. The van der Waals surface area contributed by atoms with E-state index < -0.39 is 0 Å². The number of hydrogen-bond donors (Lipinski definition) is 0. The first kappa shape index (κ1) is 23.8. The molecular weight excluding hydrogens is 396 g/mol. The molecule has 3 fully saturated rings. The van der Waals surface area contributed by atoms with E-state index in [9.17, 15) is 9.59 Å². The lowest BCUT2D eigenvalue weighted by Gasteiger charge is -2.58. The van der Waals surface area contributed by atoms with E-state index in [4.69, 9.17) is 4.74 Å². The molecule has 0 aliphatic heterocycles. The van der Waals surface area contributed by atoms with Gasteiger partial charge in [0.05, 0.1) is 0 Å². The lowest BCUT2D eigenvalue weighted by molar-refractivity contribution is -0.168. The molecule has 0 aromatic rings. The van der Waals surface area contributed by atoms with Crippen LogP contribution in [0.5, 0.6) is 0 Å². The van der Waals surface area contributed by atoms with Crippen LogP contribution in [0.25, 0.3) is 0 Å². The van der Waals surface area contributed by atoms with Gasteiger partial charge in [-0.05, 0) is 101 Å². The fourth-order valence-corrected chi connectivity index (χ4v) is 8.45. The monoisotopic (exact) mass is 440 g/mol. The van der Waals surface area contributed by atoms with Crippen LogP contribution < -0.4 is 0 Å². The summed E-state index contributed by atoms with van der Waals surface area (Å²) in [6, 6.07) is 0. The number of ketones is 1. The van der Waals surface area contributed by atoms with Gasteiger partial charge in [0.2, 0.25) is 0 Å². The molecule has 4 aliphatic rings. The second-order valence-electron chi connectivity index (χ2n) is 12.1. The van der Waals surface area contributed by atoms with Gasteiger partial charge in [0.15, 0.2) is 5.78 Å². The molecule has 0 heterocycles. The highest BCUT2D eigenvalue weighted by Crippen LogP contribution is 2.65. The fraction of sp³-hybridized carbons (Fsp3) is 0.793. The van der Waals surface area contributed by atoms with Gasteiger partial charge in [-0.15, -0.1) is 0 Å². The summed E-state index contributed by atoms with van der Waals surface area (Å²) in [5.74, 6) is 2.30. The molecule has 0 bridgehead atoms. The van der Waals surface area contributed by atoms with Crippen LogP contribution in [-0.2, 0) is 14.3 Å². The van der Waals surface area contributed by atoms with Crippen molar-refractivity contribution in [2.24, 2.45) is 34.5 Å². The number of hydrogen-bond acceptors (Lipinski definition) is 3. The van der Waals surface area contributed by atoms with Crippen LogP contribution in [0.2, 0.25) is 0 Å². The molecule has 3 heteroatoms. The van der Waals surface area contributed by atoms with E-state index in [0.29, 0.717) is 29.5 Å². The Morgan fingerprint density at radius 2 is 1.91 bits per heavy atom. The average molecular weight is 441 g/mol. The van der Waals surface area contributed by atoms with Crippen LogP contribution in [0.15, 0.2) is 22.8 Å². The summed E-state index contributed by atoms with van der Waals surface area (Å²) in [4.78, 5) is 25.5. The zero-order valence-electron chi connectivity index (χ0n) is 21.3. The Hall–Kier alpha value is -1.38. The minimum atomic E-state index is -0.153. The van der Waals surface area contributed by atoms with E-state index in [2.05, 4.69) is 40.7 Å². The molecule has 0 amide bonds. The Morgan fingerprint density at radius 3 is 2.59 bits per heavy atom. The van der Waals surface area contributed by atoms with Gasteiger partial charge >= 0.3 is 5.97 Å². The van der Waals surface area contributed by atoms with Crippen molar-refractivity contribution >= 4 is 11.8 Å². The molecule has 0 radical (unpaired) electrons. The first-order chi connectivity index (χ1) is 15.1. The number of carbonyl (C=O) groups excluding carboxylic acids is 2. The summed E-state index contributed by atoms with van der Waals surface area (Å²) in [7, 11) is 0. The zero-order chi connectivity index (χ0) is 23.3. The topological polar surface area (TPSA) is 43.4 Å². The van der Waals surface area contributed by atoms with E-state index in [-0.39, 0.29) is 22.9 Å². The smallest absolute Gasteiger partial charge is 0.302 e. The molecule has 0 spiro atoms. The van der Waals surface area contributed by atoms with E-state index in [1.54, 1.807) is 6.92 Å². The third-order valence-electron chi connectivity index (χ3n) is 10.0. The lowest BCUT2D eigenvalue weighted by atomic mass is 9.48. The Balaban J connectivity index is 1.66. The second kappa shape index (κ2) is 8.76. The molecule has 3 saturated carbocycles. The van der Waals surface area contributed by atoms with Crippen LogP contribution in [0, 0.1) is 34.5 Å². The van der Waals surface area contributed by atoms with Gasteiger partial charge in [0, 0.05) is 24.3 Å². The molecule has 4 rings (SSSR count). The Kier molecular flexibility index (Phi) is 6.51. The van der Waals surface area contributed by atoms with Gasteiger partial charge in [-0.3, -0.25) is 9.59 Å². The zero-order valence-corrected chi connectivity index (χ0v) is 21.3. The van der Waals surface area contributed by atoms with Gasteiger partial charge in [0.1, 0.15) is 6.10 Å². The number of fused-ring (bicyclic) bond motifs is 4. The fourth-order valence-electron chi connectivity index (χ4n) is 8.45. The van der Waals surface area contributed by atoms with E-state index in [0.717, 1.165) is 51.4 Å². The molecule has 0 aromatic carbocycles. The van der Waals surface area contributed by atoms with Gasteiger partial charge in [-0.2, -0.15) is 0 Å². The quantitative estimate of drug-likeness (QED) is 0.335. The third kappa shape index (κ3) is 3.82. The van der Waals surface area contributed by atoms with Crippen molar-refractivity contribution in [2.45, 2.75) is 112 Å². The minimum Gasteiger partial charge on any atom is -0.462 e. The van der Waals surface area contributed by atoms with Crippen molar-refractivity contribution in [3.63, 3.8) is 0 Å². The first-order valence-electron chi connectivity index (χ1n) is 13.2. The number of allylic oxidation sites excluding steroid dienone is 4. The number of ether oxygens (including phenoxy) is 1. The van der Waals surface area contributed by atoms with Crippen molar-refractivity contribution < 1.29 is 14.3 Å². The summed E-state index contributed by atoms with van der Waals surface area (Å²) in [6.07, 6.45) is 13.2. The van der Waals surface area contributed by atoms with Crippen molar-refractivity contribution in [3.8, 4) is 0 Å². The Morgan fingerprint density at radius 1 is 1.16 bits per heavy atom. The van der Waals surface area contributed by atoms with Gasteiger partial charge in [-0.1, -0.05) is 38.0 Å². The van der Waals surface area contributed by atoms with Crippen LogP contribution in [0.3, 0.4) is 0 Å². The molecule has 0 aromatic heterocycles. The van der Waals surface area contributed by atoms with Crippen molar-refractivity contribution in [1.82, 2.24) is 0 Å². The maximum atomic E-state index is 13.5. The number of esters is 1. The molecule has 0 N–H and O–H groups in total. The molecular formula is C29H44O3. The van der Waals surface area contributed by atoms with E-state index in [1.165, 1.54) is 29.6 Å². The highest BCUT2D eigenvalue weighted by Gasteiger charge is 2.60. The van der Waals surface area contributed by atoms with Crippen molar-refractivity contribution in [3.05, 3.63) is 22.8 Å². The van der Waals surface area contributed by atoms with Crippen LogP contribution in [-0.4, -0.2) is 17.9 Å². The summed E-state index contributed by atoms with van der Waals surface area (Å²) in [6.45, 7) is 13.0. The Labute approximate surface area is 195 Å². The van der Waals surface area contributed by atoms with E-state index in [1.807, 2.05) is 0 Å². The summed E-state index contributed by atoms with van der Waals surface area (Å²) < 4.78 is 5.95. The largest absolute Gasteiger partial charge is 0.462 e. The van der Waals surface area contributed by atoms with Crippen molar-refractivity contribution in [2.75, 3.05) is 0 Å². The molecule has 4 aliphatic carbocycles. The molecule has 7 atom stereocenters.